The number of hydrogen-bond donors (Lipinski definition) is 0. The van der Waals surface area contributed by atoms with Gasteiger partial charge in [0.1, 0.15) is 0 Å². The molecule has 0 radical (unpaired) electrons. The van der Waals surface area contributed by atoms with Crippen molar-refractivity contribution >= 4 is 32.7 Å². The number of amides is 2. The van der Waals surface area contributed by atoms with Gasteiger partial charge >= 0.3 is 15.6 Å². The Morgan fingerprint density at radius 3 is 1.86 bits per heavy atom. The van der Waals surface area contributed by atoms with Crippen molar-refractivity contribution < 1.29 is 35.5 Å². The molecule has 0 unspecified atom stereocenters. The number of hydrogen-bond acceptors (Lipinski definition) is 5. The molecule has 0 N–H and O–H groups in total. The Morgan fingerprint density at radius 1 is 0.778 bits per heavy atom. The van der Waals surface area contributed by atoms with Crippen LogP contribution >= 0.6 is 0 Å². The van der Waals surface area contributed by atoms with E-state index in [4.69, 9.17) is 0 Å². The van der Waals surface area contributed by atoms with E-state index in [1.54, 1.807) is 18.2 Å². The van der Waals surface area contributed by atoms with Gasteiger partial charge in [0.25, 0.3) is 11.8 Å². The molecular weight excluding hydrogens is 495 g/mol. The zero-order valence-corrected chi connectivity index (χ0v) is 21.2. The molecular formula is C26H32F3NO5S. The van der Waals surface area contributed by atoms with Crippen LogP contribution in [0.4, 0.5) is 13.2 Å². The Kier molecular flexibility index (Phi) is 9.52. The molecule has 36 heavy (non-hydrogen) atoms. The molecule has 0 aromatic heterocycles. The molecule has 2 aromatic carbocycles. The fraction of sp³-hybridized carbons (Fsp3) is 0.538. The Morgan fingerprint density at radius 2 is 1.31 bits per heavy atom. The molecule has 0 aliphatic carbocycles. The average Bonchev–Trinajstić information content (AvgIpc) is 2.83. The van der Waals surface area contributed by atoms with Crippen LogP contribution in [0.3, 0.4) is 0 Å². The highest BCUT2D eigenvalue weighted by molar-refractivity contribution is 7.87. The number of rotatable bonds is 14. The molecule has 1 aliphatic heterocycles. The van der Waals surface area contributed by atoms with Gasteiger partial charge in [-0.3, -0.25) is 9.59 Å². The topological polar surface area (TPSA) is 80.8 Å². The Bertz CT molecular complexity index is 1170. The lowest BCUT2D eigenvalue weighted by Gasteiger charge is -2.26. The van der Waals surface area contributed by atoms with Gasteiger partial charge in [0.15, 0.2) is 0 Å². The van der Waals surface area contributed by atoms with Gasteiger partial charge in [-0.1, -0.05) is 89.3 Å². The molecule has 0 atom stereocenters. The van der Waals surface area contributed by atoms with Crippen LogP contribution in [0.5, 0.6) is 0 Å². The highest BCUT2D eigenvalue weighted by atomic mass is 32.2. The number of benzene rings is 2. The van der Waals surface area contributed by atoms with Gasteiger partial charge in [-0.2, -0.15) is 21.6 Å². The fourth-order valence-corrected chi connectivity index (χ4v) is 4.96. The summed E-state index contributed by atoms with van der Waals surface area (Å²) < 4.78 is 65.0. The number of imide groups is 1. The van der Waals surface area contributed by atoms with E-state index in [0.717, 1.165) is 31.2 Å². The first-order valence-corrected chi connectivity index (χ1v) is 13.9. The zero-order valence-electron chi connectivity index (χ0n) is 20.4. The van der Waals surface area contributed by atoms with Gasteiger partial charge < -0.3 is 0 Å². The summed E-state index contributed by atoms with van der Waals surface area (Å²) in [4.78, 5) is 25.5. The summed E-state index contributed by atoms with van der Waals surface area (Å²) in [5.41, 5.74) is -5.02. The van der Waals surface area contributed by atoms with Crippen LogP contribution in [-0.4, -0.2) is 30.8 Å². The smallest absolute Gasteiger partial charge is 0.266 e. The van der Waals surface area contributed by atoms with Crippen LogP contribution in [-0.2, 0) is 20.8 Å². The number of unbranched alkanes of at least 4 members (excludes halogenated alkanes) is 10. The van der Waals surface area contributed by atoms with Crippen LogP contribution in [0.25, 0.3) is 10.8 Å². The third-order valence-electron chi connectivity index (χ3n) is 6.47. The number of halogens is 3. The highest BCUT2D eigenvalue weighted by Crippen LogP contribution is 2.35. The monoisotopic (exact) mass is 527 g/mol. The predicted molar refractivity (Wildman–Crippen MR) is 131 cm³/mol. The molecule has 10 heteroatoms. The summed E-state index contributed by atoms with van der Waals surface area (Å²) in [6.07, 6.45) is 14.0. The Hall–Kier alpha value is -2.46. The van der Waals surface area contributed by atoms with Crippen molar-refractivity contribution in [1.82, 2.24) is 5.06 Å². The second-order valence-electron chi connectivity index (χ2n) is 9.16. The average molecular weight is 528 g/mol. The summed E-state index contributed by atoms with van der Waals surface area (Å²) in [6, 6.07) is 7.74. The van der Waals surface area contributed by atoms with Crippen LogP contribution in [0.15, 0.2) is 30.3 Å². The number of carbonyl (C=O) groups excluding carboxylic acids is 2. The molecule has 1 aliphatic rings. The number of hydroxylamine groups is 2. The quantitative estimate of drug-likeness (QED) is 0.149. The second-order valence-corrected chi connectivity index (χ2v) is 10.7. The minimum Gasteiger partial charge on any atom is -0.266 e. The van der Waals surface area contributed by atoms with Crippen LogP contribution < -0.4 is 0 Å². The van der Waals surface area contributed by atoms with E-state index in [2.05, 4.69) is 11.2 Å². The SMILES string of the molecule is CCCCCCCCCCCCCc1ccc2c3c(cccc13)C(=O)N(OS(=O)(=O)C(F)(F)F)C2=O. The highest BCUT2D eigenvalue weighted by Gasteiger charge is 2.51. The van der Waals surface area contributed by atoms with Crippen LogP contribution in [0.2, 0.25) is 0 Å². The van der Waals surface area contributed by atoms with Gasteiger partial charge in [0.05, 0.1) is 11.1 Å². The van der Waals surface area contributed by atoms with Crippen molar-refractivity contribution in [1.29, 1.82) is 0 Å². The second kappa shape index (κ2) is 12.2. The molecule has 0 spiro atoms. The fourth-order valence-electron chi connectivity index (χ4n) is 4.54. The molecule has 2 aromatic rings. The standard InChI is InChI=1S/C26H32F3NO5S/c1-2-3-4-5-6-7-8-9-10-11-12-14-19-17-18-22-23-20(19)15-13-16-21(23)24(31)30(25(22)32)35-36(33,34)26(27,28)29/h13,15-18H,2-12,14H2,1H3. The van der Waals surface area contributed by atoms with E-state index in [9.17, 15) is 31.2 Å². The summed E-state index contributed by atoms with van der Waals surface area (Å²) in [5, 5.41) is 0.623. The van der Waals surface area contributed by atoms with E-state index in [-0.39, 0.29) is 16.2 Å². The normalized spacial score (nSPS) is 14.2. The molecule has 6 nitrogen and oxygen atoms in total. The van der Waals surface area contributed by atoms with E-state index < -0.39 is 27.4 Å². The molecule has 2 amide bonds. The number of alkyl halides is 3. The minimum atomic E-state index is -6.19. The molecule has 3 rings (SSSR count). The van der Waals surface area contributed by atoms with Crippen molar-refractivity contribution in [2.24, 2.45) is 0 Å². The van der Waals surface area contributed by atoms with Crippen molar-refractivity contribution in [3.05, 3.63) is 47.0 Å². The van der Waals surface area contributed by atoms with Gasteiger partial charge in [-0.25, -0.2) is 0 Å². The molecule has 0 bridgehead atoms. The maximum Gasteiger partial charge on any atom is 0.525 e. The minimum absolute atomic E-state index is 0.0831. The summed E-state index contributed by atoms with van der Waals surface area (Å²) >= 11 is 0. The zero-order chi connectivity index (χ0) is 26.3. The van der Waals surface area contributed by atoms with Crippen LogP contribution in [0.1, 0.15) is 104 Å². The van der Waals surface area contributed by atoms with Gasteiger partial charge in [0, 0.05) is 5.39 Å². The number of nitrogens with zero attached hydrogens (tertiary/aromatic N) is 1. The molecule has 1 heterocycles. The maximum absolute atomic E-state index is 12.7. The van der Waals surface area contributed by atoms with Gasteiger partial charge in [-0.15, -0.1) is 9.35 Å². The van der Waals surface area contributed by atoms with E-state index >= 15 is 0 Å². The largest absolute Gasteiger partial charge is 0.525 e. The van der Waals surface area contributed by atoms with E-state index in [1.807, 2.05) is 0 Å². The number of carbonyl (C=O) groups is 2. The summed E-state index contributed by atoms with van der Waals surface area (Å²) in [7, 11) is -6.19. The number of aryl methyl sites for hydroxylation is 1. The van der Waals surface area contributed by atoms with Crippen molar-refractivity contribution in [3.63, 3.8) is 0 Å². The predicted octanol–water partition coefficient (Wildman–Crippen LogP) is 7.07. The van der Waals surface area contributed by atoms with Gasteiger partial charge in [0.2, 0.25) is 0 Å². The van der Waals surface area contributed by atoms with Crippen molar-refractivity contribution in [3.8, 4) is 0 Å². The first-order chi connectivity index (χ1) is 17.1. The van der Waals surface area contributed by atoms with Crippen molar-refractivity contribution in [2.75, 3.05) is 0 Å². The first-order valence-electron chi connectivity index (χ1n) is 12.5. The maximum atomic E-state index is 12.7. The van der Waals surface area contributed by atoms with E-state index in [0.29, 0.717) is 10.8 Å². The lowest BCUT2D eigenvalue weighted by molar-refractivity contribution is -0.0761. The molecule has 0 saturated heterocycles. The van der Waals surface area contributed by atoms with Gasteiger partial charge in [-0.05, 0) is 35.9 Å². The molecule has 0 fully saturated rings. The third-order valence-corrected chi connectivity index (χ3v) is 7.38. The molecule has 0 saturated carbocycles. The third kappa shape index (κ3) is 6.45. The Balaban J connectivity index is 1.62. The van der Waals surface area contributed by atoms with E-state index in [1.165, 1.54) is 63.5 Å². The summed E-state index contributed by atoms with van der Waals surface area (Å²) in [6.45, 7) is 2.21. The lowest BCUT2D eigenvalue weighted by Crippen LogP contribution is -2.44. The lowest BCUT2D eigenvalue weighted by atomic mass is 9.90. The summed E-state index contributed by atoms with van der Waals surface area (Å²) in [5.74, 6) is -2.50. The Labute approximate surface area is 209 Å². The molecule has 198 valence electrons. The first kappa shape index (κ1) is 28.1. The van der Waals surface area contributed by atoms with Crippen LogP contribution in [0, 0.1) is 0 Å². The van der Waals surface area contributed by atoms with Crippen molar-refractivity contribution in [2.45, 2.75) is 89.5 Å².